The van der Waals surface area contributed by atoms with E-state index in [1.165, 1.54) is 0 Å². The fourth-order valence-corrected chi connectivity index (χ4v) is 3.60. The zero-order chi connectivity index (χ0) is 24.3. The van der Waals surface area contributed by atoms with Crippen LogP contribution < -0.4 is 4.74 Å². The van der Waals surface area contributed by atoms with Crippen LogP contribution in [-0.4, -0.2) is 30.9 Å². The lowest BCUT2D eigenvalue weighted by Gasteiger charge is -2.41. The molecule has 0 bridgehead atoms. The molecule has 1 aliphatic rings. The molecule has 178 valence electrons. The molecule has 5 nitrogen and oxygen atoms in total. The van der Waals surface area contributed by atoms with Gasteiger partial charge in [-0.2, -0.15) is 13.2 Å². The fourth-order valence-electron chi connectivity index (χ4n) is 3.60. The fraction of sp³-hybridized carbons (Fsp3) is 0.240. The molecule has 3 aromatic rings. The average molecular weight is 476 g/mol. The summed E-state index contributed by atoms with van der Waals surface area (Å²) in [6.07, 6.45) is -4.61. The maximum atomic E-state index is 14.3. The highest BCUT2D eigenvalue weighted by Crippen LogP contribution is 2.35. The van der Waals surface area contributed by atoms with E-state index < -0.39 is 35.7 Å². The maximum Gasteiger partial charge on any atom is 0.416 e. The van der Waals surface area contributed by atoms with E-state index >= 15 is 0 Å². The molecule has 34 heavy (non-hydrogen) atoms. The molecule has 9 heteroatoms. The van der Waals surface area contributed by atoms with Gasteiger partial charge in [0, 0.05) is 5.56 Å². The first-order chi connectivity index (χ1) is 16.2. The summed E-state index contributed by atoms with van der Waals surface area (Å²) < 4.78 is 69.2. The highest BCUT2D eigenvalue weighted by atomic mass is 19.4. The summed E-state index contributed by atoms with van der Waals surface area (Å²) in [5.74, 6) is -1.48. The van der Waals surface area contributed by atoms with Gasteiger partial charge in [-0.3, -0.25) is 0 Å². The molecular formula is C25H20F4O5. The minimum absolute atomic E-state index is 0.0635. The van der Waals surface area contributed by atoms with Crippen LogP contribution >= 0.6 is 0 Å². The summed E-state index contributed by atoms with van der Waals surface area (Å²) in [7, 11) is 0. The van der Waals surface area contributed by atoms with Gasteiger partial charge in [0.25, 0.3) is 0 Å². The first kappa shape index (κ1) is 23.7. The molecule has 3 aromatic carbocycles. The van der Waals surface area contributed by atoms with Crippen LogP contribution in [0.2, 0.25) is 0 Å². The van der Waals surface area contributed by atoms with Crippen molar-refractivity contribution in [1.82, 2.24) is 0 Å². The van der Waals surface area contributed by atoms with Crippen molar-refractivity contribution in [2.45, 2.75) is 18.4 Å². The number of carboxylic acids is 1. The van der Waals surface area contributed by atoms with E-state index in [0.717, 1.165) is 17.7 Å². The largest absolute Gasteiger partial charge is 0.489 e. The average Bonchev–Trinajstić information content (AvgIpc) is 2.77. The molecule has 4 rings (SSSR count). The number of ether oxygens (including phenoxy) is 3. The Labute approximate surface area is 192 Å². The molecule has 1 saturated heterocycles. The molecule has 1 N–H and O–H groups in total. The Morgan fingerprint density at radius 3 is 2.35 bits per heavy atom. The van der Waals surface area contributed by atoms with Gasteiger partial charge in [-0.1, -0.05) is 36.4 Å². The summed E-state index contributed by atoms with van der Waals surface area (Å²) in [5.41, 5.74) is 0.137. The second kappa shape index (κ2) is 9.44. The number of halogens is 4. The Kier molecular flexibility index (Phi) is 6.58. The predicted octanol–water partition coefficient (Wildman–Crippen LogP) is 5.42. The Morgan fingerprint density at radius 1 is 1.03 bits per heavy atom. The van der Waals surface area contributed by atoms with Crippen LogP contribution in [0.5, 0.6) is 5.75 Å². The second-order valence-electron chi connectivity index (χ2n) is 7.88. The van der Waals surface area contributed by atoms with Gasteiger partial charge in [0.05, 0.1) is 18.8 Å². The molecule has 1 aliphatic heterocycles. The molecule has 0 amide bonds. The molecular weight excluding hydrogens is 456 g/mol. The third-order valence-corrected chi connectivity index (χ3v) is 5.46. The Morgan fingerprint density at radius 2 is 1.76 bits per heavy atom. The summed E-state index contributed by atoms with van der Waals surface area (Å²) in [6, 6.07) is 16.1. The monoisotopic (exact) mass is 476 g/mol. The van der Waals surface area contributed by atoms with Crippen LogP contribution in [0.15, 0.2) is 66.7 Å². The number of aliphatic carboxylic acids is 1. The minimum atomic E-state index is -4.61. The first-order valence-electron chi connectivity index (χ1n) is 10.3. The second-order valence-corrected chi connectivity index (χ2v) is 7.88. The zero-order valence-electron chi connectivity index (χ0n) is 17.8. The van der Waals surface area contributed by atoms with Gasteiger partial charge in [0.1, 0.15) is 30.4 Å². The normalized spacial score (nSPS) is 14.9. The number of hydrogen-bond donors (Lipinski definition) is 1. The summed E-state index contributed by atoms with van der Waals surface area (Å²) in [6.45, 7) is 0.234. The van der Waals surface area contributed by atoms with Crippen LogP contribution in [0.3, 0.4) is 0 Å². The van der Waals surface area contributed by atoms with Gasteiger partial charge in [-0.25, -0.2) is 9.18 Å². The number of carbonyl (C=O) groups is 1. The van der Waals surface area contributed by atoms with E-state index in [1.807, 2.05) is 0 Å². The molecule has 0 spiro atoms. The highest BCUT2D eigenvalue weighted by molar-refractivity contribution is 5.68. The molecule has 0 unspecified atom stereocenters. The molecule has 1 heterocycles. The van der Waals surface area contributed by atoms with Crippen LogP contribution in [0, 0.1) is 5.82 Å². The van der Waals surface area contributed by atoms with Gasteiger partial charge in [0.15, 0.2) is 0 Å². The van der Waals surface area contributed by atoms with E-state index in [2.05, 4.69) is 0 Å². The van der Waals surface area contributed by atoms with Gasteiger partial charge in [-0.15, -0.1) is 0 Å². The molecule has 1 fully saturated rings. The lowest BCUT2D eigenvalue weighted by molar-refractivity contribution is -0.220. The van der Waals surface area contributed by atoms with Gasteiger partial charge in [-0.05, 0) is 47.0 Å². The van der Waals surface area contributed by atoms with E-state index in [4.69, 9.17) is 19.3 Å². The van der Waals surface area contributed by atoms with Crippen molar-refractivity contribution >= 4 is 5.97 Å². The summed E-state index contributed by atoms with van der Waals surface area (Å²) >= 11 is 0. The zero-order valence-corrected chi connectivity index (χ0v) is 17.8. The van der Waals surface area contributed by atoms with Gasteiger partial charge < -0.3 is 19.3 Å². The van der Waals surface area contributed by atoms with Crippen LogP contribution in [0.1, 0.15) is 16.7 Å². The SMILES string of the molecule is O=C(O)COC1(c2ccc(OCc3cccc(-c4ccc(C(F)(F)F)cc4F)c3)cc2)COC1. The maximum absolute atomic E-state index is 14.3. The Bertz CT molecular complexity index is 1170. The van der Waals surface area contributed by atoms with Crippen molar-refractivity contribution in [1.29, 1.82) is 0 Å². The summed E-state index contributed by atoms with van der Waals surface area (Å²) in [4.78, 5) is 10.8. The van der Waals surface area contributed by atoms with E-state index in [-0.39, 0.29) is 25.4 Å². The number of carboxylic acid groups (broad SMARTS) is 1. The highest BCUT2D eigenvalue weighted by Gasteiger charge is 2.42. The van der Waals surface area contributed by atoms with Gasteiger partial charge >= 0.3 is 12.1 Å². The smallest absolute Gasteiger partial charge is 0.416 e. The molecule has 0 radical (unpaired) electrons. The summed E-state index contributed by atoms with van der Waals surface area (Å²) in [5, 5.41) is 8.87. The molecule has 0 atom stereocenters. The van der Waals surface area contributed by atoms with Crippen molar-refractivity contribution in [2.75, 3.05) is 19.8 Å². The molecule has 0 aliphatic carbocycles. The number of rotatable bonds is 8. The van der Waals surface area contributed by atoms with Crippen molar-refractivity contribution < 1.29 is 41.7 Å². The quantitative estimate of drug-likeness (QED) is 0.440. The van der Waals surface area contributed by atoms with E-state index in [0.29, 0.717) is 22.9 Å². The Balaban J connectivity index is 1.43. The van der Waals surface area contributed by atoms with Crippen molar-refractivity contribution in [3.63, 3.8) is 0 Å². The molecule has 0 aromatic heterocycles. The first-order valence-corrected chi connectivity index (χ1v) is 10.3. The van der Waals surface area contributed by atoms with Crippen LogP contribution in [0.25, 0.3) is 11.1 Å². The third-order valence-electron chi connectivity index (χ3n) is 5.46. The number of benzene rings is 3. The predicted molar refractivity (Wildman–Crippen MR) is 114 cm³/mol. The van der Waals surface area contributed by atoms with Gasteiger partial charge in [0.2, 0.25) is 0 Å². The number of hydrogen-bond acceptors (Lipinski definition) is 4. The minimum Gasteiger partial charge on any atom is -0.489 e. The topological polar surface area (TPSA) is 65.0 Å². The van der Waals surface area contributed by atoms with E-state index in [1.54, 1.807) is 48.5 Å². The van der Waals surface area contributed by atoms with Crippen LogP contribution in [0.4, 0.5) is 17.6 Å². The van der Waals surface area contributed by atoms with Crippen molar-refractivity contribution in [3.8, 4) is 16.9 Å². The van der Waals surface area contributed by atoms with Crippen molar-refractivity contribution in [2.24, 2.45) is 0 Å². The standard InChI is InChI=1S/C25H20F4O5/c26-22-11-19(25(27,28)29)6-9-21(22)17-3-1-2-16(10-17)12-33-20-7-4-18(5-8-20)24(14-32-15-24)34-13-23(30)31/h1-11H,12-15H2,(H,30,31). The molecule has 0 saturated carbocycles. The third kappa shape index (κ3) is 5.21. The lowest BCUT2D eigenvalue weighted by Crippen LogP contribution is -2.49. The van der Waals surface area contributed by atoms with Crippen molar-refractivity contribution in [3.05, 3.63) is 89.2 Å². The van der Waals surface area contributed by atoms with Crippen LogP contribution in [-0.2, 0) is 32.7 Å². The Hall–Kier alpha value is -3.43. The lowest BCUT2D eigenvalue weighted by atomic mass is 9.91. The van der Waals surface area contributed by atoms with E-state index in [9.17, 15) is 22.4 Å². The number of alkyl halides is 3.